The summed E-state index contributed by atoms with van der Waals surface area (Å²) in [5, 5.41) is 0. The molecule has 0 saturated carbocycles. The molecule has 8 nitrogen and oxygen atoms in total. The molecular formula is C27H25N3O5. The van der Waals surface area contributed by atoms with Crippen molar-refractivity contribution in [3.63, 3.8) is 0 Å². The maximum atomic E-state index is 12.7. The van der Waals surface area contributed by atoms with Crippen LogP contribution in [0, 0.1) is 0 Å². The molecule has 4 aromatic rings. The normalized spacial score (nSPS) is 10.5. The first-order chi connectivity index (χ1) is 17.0. The highest BCUT2D eigenvalue weighted by molar-refractivity contribution is 6.03. The van der Waals surface area contributed by atoms with Crippen LogP contribution >= 0.6 is 0 Å². The summed E-state index contributed by atoms with van der Waals surface area (Å²) in [4.78, 5) is 25.4. The number of hydrogen-bond acceptors (Lipinski definition) is 5. The summed E-state index contributed by atoms with van der Waals surface area (Å²) in [6, 6.07) is 25.5. The average Bonchev–Trinajstić information content (AvgIpc) is 3.22. The number of nitrogens with zero attached hydrogens (tertiary/aromatic N) is 1. The lowest BCUT2D eigenvalue weighted by atomic mass is 10.2. The Kier molecular flexibility index (Phi) is 7.02. The smallest absolute Gasteiger partial charge is 0.269 e. The Hall–Kier alpha value is -4.72. The second kappa shape index (κ2) is 10.5. The van der Waals surface area contributed by atoms with Gasteiger partial charge in [0.15, 0.2) is 22.9 Å². The average molecular weight is 472 g/mol. The second-order valence-corrected chi connectivity index (χ2v) is 7.67. The van der Waals surface area contributed by atoms with E-state index >= 15 is 0 Å². The fourth-order valence-corrected chi connectivity index (χ4v) is 3.69. The number of primary amides is 2. The molecule has 0 atom stereocenters. The standard InChI is InChI=1S/C27H25N3O5/c1-33-21-14-12-20(13-15-21)30-22(26(28)31)24(34-16-18-8-4-2-5-9-18)25(23(30)27(29)32)35-17-19-10-6-3-7-11-19/h2-15H,16-17H2,1H3,(H2,28,31)(H2,29,32). The van der Waals surface area contributed by atoms with Crippen LogP contribution in [0.15, 0.2) is 84.9 Å². The highest BCUT2D eigenvalue weighted by Crippen LogP contribution is 2.41. The molecule has 0 radical (unpaired) electrons. The number of ether oxygens (including phenoxy) is 3. The number of methoxy groups -OCH3 is 1. The molecule has 178 valence electrons. The van der Waals surface area contributed by atoms with Gasteiger partial charge in [-0.25, -0.2) is 0 Å². The number of aromatic nitrogens is 1. The molecule has 0 saturated heterocycles. The van der Waals surface area contributed by atoms with Gasteiger partial charge in [0.25, 0.3) is 11.8 Å². The van der Waals surface area contributed by atoms with Crippen molar-refractivity contribution in [2.45, 2.75) is 13.2 Å². The third kappa shape index (κ3) is 5.11. The lowest BCUT2D eigenvalue weighted by Gasteiger charge is -2.11. The van der Waals surface area contributed by atoms with Crippen molar-refractivity contribution in [1.82, 2.24) is 4.57 Å². The Balaban J connectivity index is 1.87. The lowest BCUT2D eigenvalue weighted by Crippen LogP contribution is -2.22. The van der Waals surface area contributed by atoms with E-state index in [0.29, 0.717) is 11.4 Å². The minimum atomic E-state index is -0.805. The van der Waals surface area contributed by atoms with Crippen LogP contribution in [-0.4, -0.2) is 23.5 Å². The molecule has 2 amide bonds. The van der Waals surface area contributed by atoms with Gasteiger partial charge in [0.1, 0.15) is 19.0 Å². The fraction of sp³-hybridized carbons (Fsp3) is 0.111. The molecular weight excluding hydrogens is 446 g/mol. The third-order valence-electron chi connectivity index (χ3n) is 5.33. The van der Waals surface area contributed by atoms with Crippen molar-refractivity contribution in [2.24, 2.45) is 11.5 Å². The Morgan fingerprint density at radius 3 is 1.49 bits per heavy atom. The Labute approximate surface area is 202 Å². The first-order valence-electron chi connectivity index (χ1n) is 10.9. The molecule has 0 aliphatic rings. The molecule has 0 aliphatic carbocycles. The van der Waals surface area contributed by atoms with E-state index < -0.39 is 11.8 Å². The van der Waals surface area contributed by atoms with Crippen LogP contribution in [-0.2, 0) is 13.2 Å². The van der Waals surface area contributed by atoms with Gasteiger partial charge in [-0.3, -0.25) is 14.2 Å². The quantitative estimate of drug-likeness (QED) is 0.364. The van der Waals surface area contributed by atoms with Gasteiger partial charge in [0.05, 0.1) is 7.11 Å². The number of amides is 2. The van der Waals surface area contributed by atoms with Crippen LogP contribution < -0.4 is 25.7 Å². The van der Waals surface area contributed by atoms with E-state index in [1.807, 2.05) is 60.7 Å². The summed E-state index contributed by atoms with van der Waals surface area (Å²) < 4.78 is 18.7. The number of hydrogen-bond donors (Lipinski definition) is 2. The first kappa shape index (κ1) is 23.4. The summed E-state index contributed by atoms with van der Waals surface area (Å²) in [5.74, 6) is -0.922. The van der Waals surface area contributed by atoms with E-state index in [-0.39, 0.29) is 36.1 Å². The minimum absolute atomic E-state index is 0.0434. The minimum Gasteiger partial charge on any atom is -0.497 e. The molecule has 0 aliphatic heterocycles. The molecule has 8 heteroatoms. The van der Waals surface area contributed by atoms with E-state index in [1.165, 1.54) is 4.57 Å². The maximum absolute atomic E-state index is 12.7. The van der Waals surface area contributed by atoms with Gasteiger partial charge in [-0.2, -0.15) is 0 Å². The van der Waals surface area contributed by atoms with E-state index in [0.717, 1.165) is 11.1 Å². The molecule has 1 heterocycles. The summed E-state index contributed by atoms with van der Waals surface area (Å²) in [6.07, 6.45) is 0. The van der Waals surface area contributed by atoms with Gasteiger partial charge in [-0.1, -0.05) is 60.7 Å². The molecule has 0 unspecified atom stereocenters. The van der Waals surface area contributed by atoms with Crippen molar-refractivity contribution in [1.29, 1.82) is 0 Å². The first-order valence-corrected chi connectivity index (χ1v) is 10.9. The van der Waals surface area contributed by atoms with Crippen LogP contribution in [0.2, 0.25) is 0 Å². The predicted octanol–water partition coefficient (Wildman–Crippen LogP) is 3.84. The van der Waals surface area contributed by atoms with Crippen LogP contribution in [0.5, 0.6) is 17.2 Å². The largest absolute Gasteiger partial charge is 0.497 e. The fourth-order valence-electron chi connectivity index (χ4n) is 3.69. The van der Waals surface area contributed by atoms with E-state index in [4.69, 9.17) is 25.7 Å². The topological polar surface area (TPSA) is 119 Å². The summed E-state index contributed by atoms with van der Waals surface area (Å²) in [7, 11) is 1.54. The number of benzene rings is 3. The highest BCUT2D eigenvalue weighted by Gasteiger charge is 2.32. The van der Waals surface area contributed by atoms with E-state index in [9.17, 15) is 9.59 Å². The van der Waals surface area contributed by atoms with Gasteiger partial charge in [0, 0.05) is 5.69 Å². The SMILES string of the molecule is COc1ccc(-n2c(C(N)=O)c(OCc3ccccc3)c(OCc3ccccc3)c2C(N)=O)cc1. The Morgan fingerprint density at radius 2 is 1.11 bits per heavy atom. The number of carbonyl (C=O) groups is 2. The van der Waals surface area contributed by atoms with E-state index in [2.05, 4.69) is 0 Å². The van der Waals surface area contributed by atoms with Gasteiger partial charge < -0.3 is 25.7 Å². The predicted molar refractivity (Wildman–Crippen MR) is 131 cm³/mol. The number of rotatable bonds is 10. The van der Waals surface area contributed by atoms with Gasteiger partial charge in [-0.05, 0) is 35.4 Å². The van der Waals surface area contributed by atoms with Crippen molar-refractivity contribution < 1.29 is 23.8 Å². The Bertz CT molecular complexity index is 1240. The molecule has 0 bridgehead atoms. The zero-order chi connectivity index (χ0) is 24.8. The molecule has 0 spiro atoms. The van der Waals surface area contributed by atoms with E-state index in [1.54, 1.807) is 31.4 Å². The molecule has 4 rings (SSSR count). The summed E-state index contributed by atoms with van der Waals surface area (Å²) in [6.45, 7) is 0.237. The number of carbonyl (C=O) groups excluding carboxylic acids is 2. The van der Waals surface area contributed by atoms with Crippen molar-refractivity contribution >= 4 is 11.8 Å². The monoisotopic (exact) mass is 471 g/mol. The highest BCUT2D eigenvalue weighted by atomic mass is 16.5. The van der Waals surface area contributed by atoms with Gasteiger partial charge >= 0.3 is 0 Å². The van der Waals surface area contributed by atoms with Crippen molar-refractivity contribution in [3.8, 4) is 22.9 Å². The summed E-state index contributed by atoms with van der Waals surface area (Å²) in [5.41, 5.74) is 13.7. The third-order valence-corrected chi connectivity index (χ3v) is 5.33. The molecule has 35 heavy (non-hydrogen) atoms. The van der Waals surface area contributed by atoms with Gasteiger partial charge in [-0.15, -0.1) is 0 Å². The molecule has 1 aromatic heterocycles. The Morgan fingerprint density at radius 1 is 0.686 bits per heavy atom. The van der Waals surface area contributed by atoms with Crippen molar-refractivity contribution in [2.75, 3.05) is 7.11 Å². The van der Waals surface area contributed by atoms with Crippen LogP contribution in [0.3, 0.4) is 0 Å². The van der Waals surface area contributed by atoms with Crippen LogP contribution in [0.1, 0.15) is 32.1 Å². The second-order valence-electron chi connectivity index (χ2n) is 7.67. The maximum Gasteiger partial charge on any atom is 0.269 e. The van der Waals surface area contributed by atoms with Gasteiger partial charge in [0.2, 0.25) is 0 Å². The molecule has 4 N–H and O–H groups in total. The molecule has 3 aromatic carbocycles. The number of nitrogens with two attached hydrogens (primary N) is 2. The zero-order valence-electron chi connectivity index (χ0n) is 19.1. The zero-order valence-corrected chi connectivity index (χ0v) is 19.1. The van der Waals surface area contributed by atoms with Crippen molar-refractivity contribution in [3.05, 3.63) is 107 Å². The van der Waals surface area contributed by atoms with Crippen LogP contribution in [0.25, 0.3) is 5.69 Å². The molecule has 0 fully saturated rings. The lowest BCUT2D eigenvalue weighted by molar-refractivity contribution is 0.0988. The van der Waals surface area contributed by atoms with Crippen LogP contribution in [0.4, 0.5) is 0 Å². The summed E-state index contributed by atoms with van der Waals surface area (Å²) >= 11 is 0.